The van der Waals surface area contributed by atoms with Gasteiger partial charge in [0.2, 0.25) is 5.91 Å². The van der Waals surface area contributed by atoms with E-state index < -0.39 is 0 Å². The standard InChI is InChI=1S/C8H12INO/c1-7-2-4-8(9,5-3-7)10-6(7)11/h2-5H2,1H3,(H,10,11). The van der Waals surface area contributed by atoms with Crippen molar-refractivity contribution < 1.29 is 4.79 Å². The molecule has 2 bridgehead atoms. The average Bonchev–Trinajstić information content (AvgIpc) is 1.94. The van der Waals surface area contributed by atoms with Crippen molar-refractivity contribution in [1.29, 1.82) is 0 Å². The Labute approximate surface area is 80.3 Å². The van der Waals surface area contributed by atoms with Crippen molar-refractivity contribution in [1.82, 2.24) is 5.32 Å². The Balaban J connectivity index is 2.29. The molecule has 0 aromatic carbocycles. The maximum absolute atomic E-state index is 11.5. The van der Waals surface area contributed by atoms with Crippen LogP contribution in [0.5, 0.6) is 0 Å². The molecule has 0 unspecified atom stereocenters. The Hall–Kier alpha value is 0.200. The Kier molecular flexibility index (Phi) is 1.51. The molecule has 0 radical (unpaired) electrons. The predicted molar refractivity (Wildman–Crippen MR) is 51.5 cm³/mol. The van der Waals surface area contributed by atoms with Gasteiger partial charge in [-0.2, -0.15) is 0 Å². The molecule has 1 aliphatic carbocycles. The Bertz CT molecular complexity index is 206. The van der Waals surface area contributed by atoms with Gasteiger partial charge in [-0.15, -0.1) is 0 Å². The fourth-order valence-electron chi connectivity index (χ4n) is 1.90. The zero-order valence-corrected chi connectivity index (χ0v) is 8.77. The van der Waals surface area contributed by atoms with Gasteiger partial charge in [-0.3, -0.25) is 4.79 Å². The van der Waals surface area contributed by atoms with Gasteiger partial charge in [0.05, 0.1) is 3.55 Å². The van der Waals surface area contributed by atoms with Gasteiger partial charge >= 0.3 is 0 Å². The van der Waals surface area contributed by atoms with Crippen LogP contribution in [-0.4, -0.2) is 9.45 Å². The summed E-state index contributed by atoms with van der Waals surface area (Å²) in [5.74, 6) is 0.268. The second kappa shape index (κ2) is 2.12. The molecule has 0 aromatic rings. The Morgan fingerprint density at radius 1 is 1.36 bits per heavy atom. The van der Waals surface area contributed by atoms with Crippen molar-refractivity contribution in [2.45, 2.75) is 36.2 Å². The fraction of sp³-hybridized carbons (Fsp3) is 0.875. The number of hydrogen-bond donors (Lipinski definition) is 1. The largest absolute Gasteiger partial charge is 0.341 e. The molecule has 11 heavy (non-hydrogen) atoms. The van der Waals surface area contributed by atoms with E-state index in [1.807, 2.05) is 0 Å². The molecule has 1 amide bonds. The third kappa shape index (κ3) is 1.08. The second-order valence-electron chi connectivity index (χ2n) is 3.98. The number of piperidine rings is 2. The predicted octanol–water partition coefficient (Wildman–Crippen LogP) is 1.83. The van der Waals surface area contributed by atoms with Crippen molar-refractivity contribution in [2.24, 2.45) is 5.41 Å². The van der Waals surface area contributed by atoms with E-state index in [0.29, 0.717) is 0 Å². The number of nitrogens with one attached hydrogen (secondary N) is 1. The van der Waals surface area contributed by atoms with Gasteiger partial charge in [-0.05, 0) is 25.7 Å². The summed E-state index contributed by atoms with van der Waals surface area (Å²) in [7, 11) is 0. The summed E-state index contributed by atoms with van der Waals surface area (Å²) in [4.78, 5) is 11.5. The van der Waals surface area contributed by atoms with Crippen molar-refractivity contribution in [3.05, 3.63) is 0 Å². The number of alkyl halides is 1. The van der Waals surface area contributed by atoms with Crippen LogP contribution in [-0.2, 0) is 4.79 Å². The van der Waals surface area contributed by atoms with Gasteiger partial charge in [0.1, 0.15) is 0 Å². The molecule has 0 aromatic heterocycles. The first-order valence-corrected chi connectivity index (χ1v) is 5.14. The first-order chi connectivity index (χ1) is 5.04. The zero-order valence-electron chi connectivity index (χ0n) is 6.61. The molecular formula is C8H12INO. The van der Waals surface area contributed by atoms with Crippen LogP contribution in [0.15, 0.2) is 0 Å². The van der Waals surface area contributed by atoms with E-state index in [0.717, 1.165) is 25.7 Å². The van der Waals surface area contributed by atoms with Gasteiger partial charge in [0, 0.05) is 5.41 Å². The van der Waals surface area contributed by atoms with Crippen LogP contribution in [0.25, 0.3) is 0 Å². The number of carbonyl (C=O) groups is 1. The number of halogens is 1. The normalized spacial score (nSPS) is 49.1. The maximum atomic E-state index is 11.5. The van der Waals surface area contributed by atoms with E-state index in [1.165, 1.54) is 0 Å². The summed E-state index contributed by atoms with van der Waals surface area (Å²) in [6.07, 6.45) is 4.44. The number of rotatable bonds is 0. The van der Waals surface area contributed by atoms with Crippen LogP contribution in [0.4, 0.5) is 0 Å². The molecular weight excluding hydrogens is 253 g/mol. The van der Waals surface area contributed by atoms with Gasteiger partial charge in [-0.25, -0.2) is 0 Å². The van der Waals surface area contributed by atoms with Gasteiger partial charge < -0.3 is 5.32 Å². The van der Waals surface area contributed by atoms with Crippen LogP contribution in [0.2, 0.25) is 0 Å². The highest BCUT2D eigenvalue weighted by atomic mass is 127. The maximum Gasteiger partial charge on any atom is 0.226 e. The molecule has 62 valence electrons. The van der Waals surface area contributed by atoms with Crippen LogP contribution in [0.1, 0.15) is 32.6 Å². The van der Waals surface area contributed by atoms with E-state index in [1.54, 1.807) is 0 Å². The van der Waals surface area contributed by atoms with E-state index >= 15 is 0 Å². The monoisotopic (exact) mass is 265 g/mol. The number of carbonyl (C=O) groups excluding carboxylic acids is 1. The Morgan fingerprint density at radius 3 is 2.27 bits per heavy atom. The lowest BCUT2D eigenvalue weighted by Gasteiger charge is -2.48. The summed E-state index contributed by atoms with van der Waals surface area (Å²) < 4.78 is 0.104. The third-order valence-electron chi connectivity index (χ3n) is 3.03. The zero-order chi connectivity index (χ0) is 8.11. The summed E-state index contributed by atoms with van der Waals surface area (Å²) in [6.45, 7) is 2.08. The van der Waals surface area contributed by atoms with Crippen LogP contribution < -0.4 is 5.32 Å². The van der Waals surface area contributed by atoms with Crippen molar-refractivity contribution in [3.8, 4) is 0 Å². The smallest absolute Gasteiger partial charge is 0.226 e. The fourth-order valence-corrected chi connectivity index (χ4v) is 2.69. The molecule has 2 heterocycles. The second-order valence-corrected chi connectivity index (χ2v) is 6.05. The highest BCUT2D eigenvalue weighted by Crippen LogP contribution is 2.48. The molecule has 0 atom stereocenters. The minimum absolute atomic E-state index is 0.0348. The summed E-state index contributed by atoms with van der Waals surface area (Å²) in [5, 5.41) is 3.08. The number of amides is 1. The van der Waals surface area contributed by atoms with E-state index in [9.17, 15) is 4.79 Å². The molecule has 3 fully saturated rings. The van der Waals surface area contributed by atoms with Gasteiger partial charge in [0.15, 0.2) is 0 Å². The molecule has 3 rings (SSSR count). The Morgan fingerprint density at radius 2 is 1.91 bits per heavy atom. The van der Waals surface area contributed by atoms with Crippen LogP contribution in [0, 0.1) is 5.41 Å². The first kappa shape index (κ1) is 7.83. The first-order valence-electron chi connectivity index (χ1n) is 4.06. The van der Waals surface area contributed by atoms with Crippen LogP contribution >= 0.6 is 22.6 Å². The molecule has 1 N–H and O–H groups in total. The molecule has 2 saturated heterocycles. The molecule has 2 nitrogen and oxygen atoms in total. The van der Waals surface area contributed by atoms with Crippen molar-refractivity contribution in [2.75, 3.05) is 0 Å². The molecule has 1 saturated carbocycles. The quantitative estimate of drug-likeness (QED) is 0.404. The lowest BCUT2D eigenvalue weighted by molar-refractivity contribution is -0.138. The average molecular weight is 265 g/mol. The van der Waals surface area contributed by atoms with Gasteiger partial charge in [-0.1, -0.05) is 29.5 Å². The third-order valence-corrected chi connectivity index (χ3v) is 4.38. The highest BCUT2D eigenvalue weighted by molar-refractivity contribution is 14.1. The molecule has 0 spiro atoms. The molecule has 2 aliphatic heterocycles. The topological polar surface area (TPSA) is 29.1 Å². The van der Waals surface area contributed by atoms with Crippen molar-refractivity contribution in [3.63, 3.8) is 0 Å². The number of fused-ring (bicyclic) bond motifs is 3. The lowest BCUT2D eigenvalue weighted by Crippen LogP contribution is -2.59. The summed E-state index contributed by atoms with van der Waals surface area (Å²) in [5.41, 5.74) is -0.0348. The minimum atomic E-state index is -0.0348. The van der Waals surface area contributed by atoms with E-state index in [4.69, 9.17) is 0 Å². The SMILES string of the molecule is CC12CCC(I)(CC1)NC2=O. The van der Waals surface area contributed by atoms with Crippen molar-refractivity contribution >= 4 is 28.5 Å². The lowest BCUT2D eigenvalue weighted by atomic mass is 9.69. The summed E-state index contributed by atoms with van der Waals surface area (Å²) in [6, 6.07) is 0. The molecule has 3 aliphatic rings. The summed E-state index contributed by atoms with van der Waals surface area (Å²) >= 11 is 2.38. The van der Waals surface area contributed by atoms with Crippen LogP contribution in [0.3, 0.4) is 0 Å². The highest BCUT2D eigenvalue weighted by Gasteiger charge is 2.50. The minimum Gasteiger partial charge on any atom is -0.341 e. The van der Waals surface area contributed by atoms with E-state index in [2.05, 4.69) is 34.8 Å². The molecule has 3 heteroatoms. The number of hydrogen-bond acceptors (Lipinski definition) is 1. The van der Waals surface area contributed by atoms with Gasteiger partial charge in [0.25, 0.3) is 0 Å². The van der Waals surface area contributed by atoms with E-state index in [-0.39, 0.29) is 14.9 Å².